The van der Waals surface area contributed by atoms with E-state index in [0.717, 1.165) is 12.1 Å². The third kappa shape index (κ3) is 4.84. The molecule has 0 aliphatic rings. The monoisotopic (exact) mass is 335 g/mol. The van der Waals surface area contributed by atoms with E-state index in [9.17, 15) is 13.0 Å². The average molecular weight is 335 g/mol. The predicted molar refractivity (Wildman–Crippen MR) is 86.6 cm³/mol. The number of nitrogens with zero attached hydrogens (tertiary/aromatic N) is 2. The number of pyridine rings is 2. The van der Waals surface area contributed by atoms with E-state index in [4.69, 9.17) is 0 Å². The summed E-state index contributed by atoms with van der Waals surface area (Å²) in [5, 5.41) is 0. The van der Waals surface area contributed by atoms with Crippen LogP contribution >= 0.6 is 0 Å². The standard InChI is InChI=1S/C17H23N2O3S/c1-4-18-9-6-16(14(2)12-18)17-7-10-19(13-15(17)3)8-5-11-23(20,21)22/h6-7,9-10,12-13H,4-5,8,11H2,1-3H3/q+1. The highest BCUT2D eigenvalue weighted by atomic mass is 32.2. The van der Waals surface area contributed by atoms with Crippen LogP contribution in [-0.4, -0.2) is 18.7 Å². The van der Waals surface area contributed by atoms with E-state index >= 15 is 0 Å². The quantitative estimate of drug-likeness (QED) is 0.593. The lowest BCUT2D eigenvalue weighted by Gasteiger charge is -2.08. The van der Waals surface area contributed by atoms with Crippen molar-refractivity contribution < 1.29 is 22.1 Å². The van der Waals surface area contributed by atoms with Crippen LogP contribution in [0.2, 0.25) is 0 Å². The van der Waals surface area contributed by atoms with Crippen molar-refractivity contribution in [2.75, 3.05) is 5.75 Å². The first-order valence-electron chi connectivity index (χ1n) is 7.73. The number of rotatable bonds is 6. The third-order valence-corrected chi connectivity index (χ3v) is 4.69. The van der Waals surface area contributed by atoms with Crippen LogP contribution < -0.4 is 9.13 Å². The Bertz CT molecular complexity index is 801. The van der Waals surface area contributed by atoms with E-state index < -0.39 is 10.1 Å². The molecule has 0 spiro atoms. The van der Waals surface area contributed by atoms with Gasteiger partial charge in [-0.25, -0.2) is 17.6 Å². The van der Waals surface area contributed by atoms with Gasteiger partial charge >= 0.3 is 0 Å². The molecule has 2 heterocycles. The minimum absolute atomic E-state index is 0.324. The van der Waals surface area contributed by atoms with E-state index in [1.807, 2.05) is 30.0 Å². The van der Waals surface area contributed by atoms with Crippen molar-refractivity contribution in [3.8, 4) is 11.1 Å². The maximum Gasteiger partial charge on any atom is 0.172 e. The van der Waals surface area contributed by atoms with Crippen LogP contribution in [0.25, 0.3) is 11.1 Å². The van der Waals surface area contributed by atoms with Crippen LogP contribution in [0.1, 0.15) is 24.5 Å². The fourth-order valence-electron chi connectivity index (χ4n) is 2.69. The summed E-state index contributed by atoms with van der Waals surface area (Å²) in [6, 6.07) is 4.16. The highest BCUT2D eigenvalue weighted by Crippen LogP contribution is 2.24. The lowest BCUT2D eigenvalue weighted by molar-refractivity contribution is -0.697. The van der Waals surface area contributed by atoms with Gasteiger partial charge in [-0.15, -0.1) is 0 Å². The van der Waals surface area contributed by atoms with Crippen LogP contribution in [0.15, 0.2) is 36.9 Å². The molecule has 23 heavy (non-hydrogen) atoms. The minimum Gasteiger partial charge on any atom is -0.748 e. The Balaban J connectivity index is 2.19. The summed E-state index contributed by atoms with van der Waals surface area (Å²) in [6.45, 7) is 7.71. The van der Waals surface area contributed by atoms with Crippen LogP contribution in [0.4, 0.5) is 0 Å². The van der Waals surface area contributed by atoms with Gasteiger partial charge in [0.2, 0.25) is 0 Å². The highest BCUT2D eigenvalue weighted by Gasteiger charge is 2.12. The summed E-state index contributed by atoms with van der Waals surface area (Å²) in [6.07, 6.45) is 8.46. The summed E-state index contributed by atoms with van der Waals surface area (Å²) in [5.74, 6) is -0.324. The van der Waals surface area contributed by atoms with Crippen LogP contribution in [0.5, 0.6) is 0 Å². The molecule has 0 aromatic carbocycles. The van der Waals surface area contributed by atoms with Gasteiger partial charge in [-0.05, 0) is 31.9 Å². The number of aryl methyl sites for hydroxylation is 4. The van der Waals surface area contributed by atoms with Gasteiger partial charge in [0, 0.05) is 35.4 Å². The molecule has 0 atom stereocenters. The van der Waals surface area contributed by atoms with Gasteiger partial charge in [-0.2, -0.15) is 0 Å². The molecule has 0 saturated carbocycles. The zero-order valence-electron chi connectivity index (χ0n) is 13.8. The minimum atomic E-state index is -4.13. The fourth-order valence-corrected chi connectivity index (χ4v) is 3.17. The molecule has 2 aromatic heterocycles. The Morgan fingerprint density at radius 3 is 2.00 bits per heavy atom. The molecule has 0 fully saturated rings. The molecule has 0 unspecified atom stereocenters. The van der Waals surface area contributed by atoms with Gasteiger partial charge < -0.3 is 4.55 Å². The van der Waals surface area contributed by atoms with Crippen molar-refractivity contribution in [2.45, 2.75) is 40.3 Å². The first-order chi connectivity index (χ1) is 10.8. The van der Waals surface area contributed by atoms with Crippen molar-refractivity contribution in [1.29, 1.82) is 0 Å². The Kier molecular flexibility index (Phi) is 5.49. The zero-order valence-corrected chi connectivity index (χ0v) is 14.6. The fraction of sp³-hybridized carbons (Fsp3) is 0.412. The van der Waals surface area contributed by atoms with E-state index in [1.165, 1.54) is 16.7 Å². The molecule has 0 amide bonds. The van der Waals surface area contributed by atoms with Crippen molar-refractivity contribution in [2.24, 2.45) is 0 Å². The number of hydrogen-bond donors (Lipinski definition) is 0. The van der Waals surface area contributed by atoms with Gasteiger partial charge in [0.05, 0.1) is 10.1 Å². The van der Waals surface area contributed by atoms with Gasteiger partial charge in [0.25, 0.3) is 0 Å². The Morgan fingerprint density at radius 1 is 1.00 bits per heavy atom. The molecule has 0 N–H and O–H groups in total. The second-order valence-electron chi connectivity index (χ2n) is 5.77. The highest BCUT2D eigenvalue weighted by molar-refractivity contribution is 7.85. The summed E-state index contributed by atoms with van der Waals surface area (Å²) >= 11 is 0. The maximum absolute atomic E-state index is 10.7. The molecule has 5 nitrogen and oxygen atoms in total. The van der Waals surface area contributed by atoms with Gasteiger partial charge in [0.15, 0.2) is 24.8 Å². The van der Waals surface area contributed by atoms with Crippen molar-refractivity contribution >= 4 is 10.1 Å². The largest absolute Gasteiger partial charge is 0.748 e. The summed E-state index contributed by atoms with van der Waals surface area (Å²) < 4.78 is 36.0. The van der Waals surface area contributed by atoms with Gasteiger partial charge in [0.1, 0.15) is 13.1 Å². The molecule has 0 radical (unpaired) electrons. The topological polar surface area (TPSA) is 65.0 Å². The van der Waals surface area contributed by atoms with Gasteiger partial charge in [-0.1, -0.05) is 0 Å². The molecule has 0 saturated heterocycles. The SMILES string of the molecule is CC[n+]1ccc(-c2cc[n+](CCCS(=O)(=O)[O-])cc2C)c(C)c1. The zero-order chi connectivity index (χ0) is 17.0. The Labute approximate surface area is 138 Å². The second-order valence-corrected chi connectivity index (χ2v) is 7.29. The summed E-state index contributed by atoms with van der Waals surface area (Å²) in [4.78, 5) is 0. The molecular formula is C17H23N2O3S+. The number of aromatic nitrogens is 2. The van der Waals surface area contributed by atoms with Crippen molar-refractivity contribution in [1.82, 2.24) is 0 Å². The third-order valence-electron chi connectivity index (χ3n) is 3.90. The van der Waals surface area contributed by atoms with E-state index in [2.05, 4.69) is 36.9 Å². The van der Waals surface area contributed by atoms with Crippen LogP contribution in [0.3, 0.4) is 0 Å². The molecule has 2 aromatic rings. The molecule has 6 heteroatoms. The average Bonchev–Trinajstić information content (AvgIpc) is 2.46. The summed E-state index contributed by atoms with van der Waals surface area (Å²) in [7, 11) is -4.13. The lowest BCUT2D eigenvalue weighted by Crippen LogP contribution is -2.34. The molecule has 0 bridgehead atoms. The van der Waals surface area contributed by atoms with Crippen molar-refractivity contribution in [3.63, 3.8) is 0 Å². The first kappa shape index (κ1) is 17.6. The lowest BCUT2D eigenvalue weighted by atomic mass is 10.00. The maximum atomic E-state index is 10.7. The Hall–Kier alpha value is -1.79. The summed E-state index contributed by atoms with van der Waals surface area (Å²) in [5.41, 5.74) is 4.70. The smallest absolute Gasteiger partial charge is 0.172 e. The van der Waals surface area contributed by atoms with E-state index in [1.54, 1.807) is 0 Å². The molecule has 0 aliphatic heterocycles. The second kappa shape index (κ2) is 7.19. The molecule has 124 valence electrons. The van der Waals surface area contributed by atoms with E-state index in [-0.39, 0.29) is 5.75 Å². The molecule has 0 aliphatic carbocycles. The molecular weight excluding hydrogens is 312 g/mol. The van der Waals surface area contributed by atoms with Gasteiger partial charge in [-0.3, -0.25) is 0 Å². The Morgan fingerprint density at radius 2 is 1.52 bits per heavy atom. The van der Waals surface area contributed by atoms with Crippen LogP contribution in [0, 0.1) is 13.8 Å². The predicted octanol–water partition coefficient (Wildman–Crippen LogP) is 1.50. The first-order valence-corrected chi connectivity index (χ1v) is 9.31. The normalized spacial score (nSPS) is 11.7. The van der Waals surface area contributed by atoms with Crippen LogP contribution in [-0.2, 0) is 23.2 Å². The van der Waals surface area contributed by atoms with E-state index in [0.29, 0.717) is 13.0 Å². The van der Waals surface area contributed by atoms with Crippen molar-refractivity contribution in [3.05, 3.63) is 48.0 Å². The molecule has 2 rings (SSSR count). The number of hydrogen-bond acceptors (Lipinski definition) is 3.